The lowest BCUT2D eigenvalue weighted by Gasteiger charge is -2.59. The van der Waals surface area contributed by atoms with E-state index in [0.717, 1.165) is 42.4 Å². The molecule has 0 saturated heterocycles. The maximum absolute atomic E-state index is 13.8. The van der Waals surface area contributed by atoms with Gasteiger partial charge in [-0.25, -0.2) is 4.79 Å². The zero-order chi connectivity index (χ0) is 33.4. The molecule has 2 aromatic rings. The Morgan fingerprint density at radius 1 is 1.11 bits per heavy atom. The smallest absolute Gasteiger partial charge is 0.410 e. The number of aliphatic hydroxyl groups excluding tert-OH is 2. The number of allylic oxidation sites excluding steroid dienone is 1. The Hall–Kier alpha value is -3.86. The lowest BCUT2D eigenvalue weighted by molar-refractivity contribution is -0.253. The number of oxime groups is 1. The molecule has 6 atom stereocenters. The monoisotopic (exact) mass is 648 g/mol. The first-order chi connectivity index (χ1) is 22.9. The van der Waals surface area contributed by atoms with Gasteiger partial charge in [0.05, 0.1) is 18.2 Å². The number of likely N-dealkylation sites (N-methyl/N-ethyl adjacent to an activating group) is 1. The van der Waals surface area contributed by atoms with Crippen LogP contribution in [0.15, 0.2) is 78.0 Å². The fourth-order valence-electron chi connectivity index (χ4n) is 7.80. The van der Waals surface area contributed by atoms with Crippen LogP contribution < -0.4 is 4.74 Å². The van der Waals surface area contributed by atoms with Gasteiger partial charge in [0.15, 0.2) is 0 Å². The standard InChI is InChI=1S/C37H48N2O8/c1-4-20-46-37-33(39(2)36(43)45-24-25-12-6-5-7-13-25)23-31(38-44-3)29-21-26(14-8-10-18-40)28(15-9-11-19-41)34(35(29)37)30-22-27(42)16-17-32(30)47-37/h4-7,12-13,16-17,21-22,26,28,33-35,40-42H,1,8-11,14-15,18-20,23-24H2,2-3H3. The number of amides is 1. The lowest BCUT2D eigenvalue weighted by atomic mass is 9.55. The Morgan fingerprint density at radius 3 is 2.55 bits per heavy atom. The van der Waals surface area contributed by atoms with Gasteiger partial charge in [-0.15, -0.1) is 6.58 Å². The Balaban J connectivity index is 1.65. The van der Waals surface area contributed by atoms with Crippen LogP contribution in [0.25, 0.3) is 0 Å². The van der Waals surface area contributed by atoms with E-state index in [2.05, 4.69) is 17.8 Å². The third-order valence-corrected chi connectivity index (χ3v) is 9.82. The van der Waals surface area contributed by atoms with E-state index in [4.69, 9.17) is 19.0 Å². The molecule has 0 radical (unpaired) electrons. The van der Waals surface area contributed by atoms with Crippen molar-refractivity contribution in [1.29, 1.82) is 0 Å². The van der Waals surface area contributed by atoms with E-state index >= 15 is 0 Å². The summed E-state index contributed by atoms with van der Waals surface area (Å²) in [6, 6.07) is 14.0. The molecule has 2 aromatic carbocycles. The quantitative estimate of drug-likeness (QED) is 0.123. The zero-order valence-corrected chi connectivity index (χ0v) is 27.4. The van der Waals surface area contributed by atoms with Crippen molar-refractivity contribution in [2.24, 2.45) is 22.9 Å². The molecule has 1 aliphatic heterocycles. The average Bonchev–Trinajstić information content (AvgIpc) is 3.08. The first kappa shape index (κ1) is 34.5. The van der Waals surface area contributed by atoms with Crippen LogP contribution in [0, 0.1) is 17.8 Å². The summed E-state index contributed by atoms with van der Waals surface area (Å²) in [5.41, 5.74) is 3.37. The summed E-state index contributed by atoms with van der Waals surface area (Å²) >= 11 is 0. The Kier molecular flexibility index (Phi) is 11.6. The number of phenolic OH excluding ortho intramolecular Hbond substituents is 1. The summed E-state index contributed by atoms with van der Waals surface area (Å²) in [7, 11) is 3.21. The molecule has 1 amide bonds. The molecule has 254 valence electrons. The van der Waals surface area contributed by atoms with Crippen molar-refractivity contribution < 1.29 is 39.2 Å². The summed E-state index contributed by atoms with van der Waals surface area (Å²) in [6.45, 7) is 4.42. The van der Waals surface area contributed by atoms with Gasteiger partial charge in [0, 0.05) is 38.2 Å². The summed E-state index contributed by atoms with van der Waals surface area (Å²) < 4.78 is 19.5. The zero-order valence-electron chi connectivity index (χ0n) is 27.4. The van der Waals surface area contributed by atoms with Gasteiger partial charge in [-0.05, 0) is 66.9 Å². The van der Waals surface area contributed by atoms with Crippen molar-refractivity contribution in [1.82, 2.24) is 4.90 Å². The highest BCUT2D eigenvalue weighted by Crippen LogP contribution is 2.61. The highest BCUT2D eigenvalue weighted by molar-refractivity contribution is 6.02. The minimum atomic E-state index is -1.35. The topological polar surface area (TPSA) is 130 Å². The molecule has 1 saturated carbocycles. The average molecular weight is 649 g/mol. The molecular formula is C37H48N2O8. The molecule has 47 heavy (non-hydrogen) atoms. The Morgan fingerprint density at radius 2 is 1.85 bits per heavy atom. The number of carbonyl (C=O) groups is 1. The van der Waals surface area contributed by atoms with Crippen LogP contribution in [0.1, 0.15) is 62.0 Å². The minimum absolute atomic E-state index is 0.0861. The van der Waals surface area contributed by atoms with Crippen LogP contribution in [0.4, 0.5) is 4.79 Å². The molecule has 2 aliphatic carbocycles. The number of unbranched alkanes of at least 4 members (excludes halogenated alkanes) is 2. The summed E-state index contributed by atoms with van der Waals surface area (Å²) in [6.07, 6.45) is 8.38. The largest absolute Gasteiger partial charge is 0.508 e. The second-order valence-corrected chi connectivity index (χ2v) is 12.6. The number of carbonyl (C=O) groups excluding carboxylic acids is 1. The first-order valence-electron chi connectivity index (χ1n) is 16.6. The third kappa shape index (κ3) is 7.20. The van der Waals surface area contributed by atoms with E-state index in [-0.39, 0.29) is 56.4 Å². The number of ether oxygens (including phenoxy) is 3. The molecule has 0 bridgehead atoms. The predicted octanol–water partition coefficient (Wildman–Crippen LogP) is 5.92. The second-order valence-electron chi connectivity index (χ2n) is 12.6. The highest BCUT2D eigenvalue weighted by atomic mass is 16.7. The van der Waals surface area contributed by atoms with E-state index in [0.29, 0.717) is 24.3 Å². The molecule has 1 heterocycles. The van der Waals surface area contributed by atoms with E-state index < -0.39 is 23.8 Å². The fourth-order valence-corrected chi connectivity index (χ4v) is 7.80. The molecule has 6 unspecified atom stereocenters. The van der Waals surface area contributed by atoms with Gasteiger partial charge in [0.25, 0.3) is 0 Å². The van der Waals surface area contributed by atoms with Gasteiger partial charge >= 0.3 is 6.09 Å². The lowest BCUT2D eigenvalue weighted by Crippen LogP contribution is -2.69. The first-order valence-corrected chi connectivity index (χ1v) is 16.6. The second kappa shape index (κ2) is 15.8. The summed E-state index contributed by atoms with van der Waals surface area (Å²) in [5.74, 6) is -1.05. The van der Waals surface area contributed by atoms with Crippen LogP contribution in [-0.4, -0.2) is 77.8 Å². The summed E-state index contributed by atoms with van der Waals surface area (Å²) in [4.78, 5) is 20.7. The van der Waals surface area contributed by atoms with Crippen LogP contribution in [0.2, 0.25) is 0 Å². The van der Waals surface area contributed by atoms with Crippen molar-refractivity contribution >= 4 is 11.8 Å². The molecule has 10 nitrogen and oxygen atoms in total. The molecule has 0 spiro atoms. The molecule has 1 fully saturated rings. The van der Waals surface area contributed by atoms with E-state index in [9.17, 15) is 20.1 Å². The molecule has 0 aromatic heterocycles. The van der Waals surface area contributed by atoms with Crippen LogP contribution in [0.5, 0.6) is 11.5 Å². The van der Waals surface area contributed by atoms with Gasteiger partial charge in [-0.3, -0.25) is 0 Å². The number of phenols is 1. The molecule has 3 aliphatic rings. The maximum atomic E-state index is 13.8. The number of rotatable bonds is 15. The molecule has 10 heteroatoms. The van der Waals surface area contributed by atoms with Crippen molar-refractivity contribution in [3.8, 4) is 11.5 Å². The van der Waals surface area contributed by atoms with Crippen molar-refractivity contribution in [2.75, 3.05) is 34.0 Å². The van der Waals surface area contributed by atoms with E-state index in [1.54, 1.807) is 36.2 Å². The van der Waals surface area contributed by atoms with Crippen molar-refractivity contribution in [3.05, 3.63) is 84.0 Å². The number of aromatic hydroxyl groups is 1. The number of hydrogen-bond acceptors (Lipinski definition) is 9. The van der Waals surface area contributed by atoms with Crippen molar-refractivity contribution in [3.63, 3.8) is 0 Å². The number of nitrogens with zero attached hydrogens (tertiary/aromatic N) is 2. The van der Waals surface area contributed by atoms with E-state index in [1.165, 1.54) is 7.11 Å². The Bertz CT molecular complexity index is 1430. The van der Waals surface area contributed by atoms with Gasteiger partial charge in [0.1, 0.15) is 31.3 Å². The minimum Gasteiger partial charge on any atom is -0.508 e. The molecular weight excluding hydrogens is 600 g/mol. The van der Waals surface area contributed by atoms with Gasteiger partial charge in [-0.1, -0.05) is 60.5 Å². The van der Waals surface area contributed by atoms with Crippen molar-refractivity contribution in [2.45, 2.75) is 69.3 Å². The van der Waals surface area contributed by atoms with Gasteiger partial charge in [0.2, 0.25) is 5.79 Å². The number of fused-ring (bicyclic) bond motifs is 2. The normalized spacial score (nSPS) is 26.8. The van der Waals surface area contributed by atoms with Crippen LogP contribution in [0.3, 0.4) is 0 Å². The predicted molar refractivity (Wildman–Crippen MR) is 178 cm³/mol. The third-order valence-electron chi connectivity index (χ3n) is 9.82. The van der Waals surface area contributed by atoms with Gasteiger partial charge < -0.3 is 39.3 Å². The SMILES string of the molecule is C=CCOC12Oc3ccc(O)cc3C3C(CCCCO)C(CCCCO)C=C(C(=NOC)CC1N(C)C(=O)OCc1ccccc1)C32. The number of hydrogen-bond donors (Lipinski definition) is 3. The van der Waals surface area contributed by atoms with Crippen LogP contribution in [-0.2, 0) is 20.9 Å². The highest BCUT2D eigenvalue weighted by Gasteiger charge is 2.65. The molecule has 5 rings (SSSR count). The summed E-state index contributed by atoms with van der Waals surface area (Å²) in [5, 5.41) is 34.5. The van der Waals surface area contributed by atoms with E-state index in [1.807, 2.05) is 30.3 Å². The Labute approximate surface area is 277 Å². The fraction of sp³-hybridized carbons (Fsp3) is 0.514. The van der Waals surface area contributed by atoms with Crippen LogP contribution >= 0.6 is 0 Å². The maximum Gasteiger partial charge on any atom is 0.410 e. The molecule has 3 N–H and O–H groups in total. The van der Waals surface area contributed by atoms with Gasteiger partial charge in [-0.2, -0.15) is 0 Å². The number of aliphatic hydroxyl groups is 2. The number of benzene rings is 2.